The zero-order valence-corrected chi connectivity index (χ0v) is 23.3. The van der Waals surface area contributed by atoms with Crippen LogP contribution in [0.3, 0.4) is 0 Å². The lowest BCUT2D eigenvalue weighted by Gasteiger charge is -2.35. The highest BCUT2D eigenvalue weighted by Gasteiger charge is 2.40. The van der Waals surface area contributed by atoms with Gasteiger partial charge in [-0.1, -0.05) is 11.3 Å². The molecule has 2 heterocycles. The van der Waals surface area contributed by atoms with Crippen LogP contribution in [0.15, 0.2) is 40.7 Å². The van der Waals surface area contributed by atoms with Gasteiger partial charge in [0.25, 0.3) is 0 Å². The summed E-state index contributed by atoms with van der Waals surface area (Å²) in [4.78, 5) is 16.8. The Morgan fingerprint density at radius 1 is 0.907 bits per heavy atom. The molecular formula is C29H32F6N6O2. The summed E-state index contributed by atoms with van der Waals surface area (Å²) in [5, 5.41) is 7.88. The first-order chi connectivity index (χ1) is 20.5. The first-order valence-electron chi connectivity index (χ1n) is 14.6. The number of aryl methyl sites for hydroxylation is 2. The van der Waals surface area contributed by atoms with Crippen molar-refractivity contribution in [1.82, 2.24) is 15.9 Å². The third-order valence-corrected chi connectivity index (χ3v) is 8.68. The summed E-state index contributed by atoms with van der Waals surface area (Å²) in [6.45, 7) is 0.0698. The summed E-state index contributed by atoms with van der Waals surface area (Å²) in [7, 11) is 0. The predicted molar refractivity (Wildman–Crippen MR) is 143 cm³/mol. The van der Waals surface area contributed by atoms with Gasteiger partial charge in [0.15, 0.2) is 6.29 Å². The summed E-state index contributed by atoms with van der Waals surface area (Å²) in [5.41, 5.74) is 6.09. The van der Waals surface area contributed by atoms with Gasteiger partial charge in [0, 0.05) is 19.1 Å². The van der Waals surface area contributed by atoms with Gasteiger partial charge in [-0.05, 0) is 104 Å². The molecule has 2 N–H and O–H groups in total. The molecule has 1 amide bonds. The second kappa shape index (κ2) is 11.6. The van der Waals surface area contributed by atoms with Crippen molar-refractivity contribution in [2.24, 2.45) is 10.3 Å². The molecule has 2 aromatic carbocycles. The number of carbonyl (C=O) groups excluding carboxylic acids is 1. The zero-order chi connectivity index (χ0) is 30.4. The molecule has 2 aromatic rings. The normalized spacial score (nSPS) is 22.4. The number of nitrogens with one attached hydrogen (secondary N) is 2. The number of anilines is 1. The van der Waals surface area contributed by atoms with Gasteiger partial charge in [-0.2, -0.15) is 31.8 Å². The minimum absolute atomic E-state index is 0.126. The predicted octanol–water partition coefficient (Wildman–Crippen LogP) is 7.19. The topological polar surface area (TPSA) is 81.6 Å². The quantitative estimate of drug-likeness (QED) is 0.350. The lowest BCUT2D eigenvalue weighted by Crippen LogP contribution is -2.46. The molecular weight excluding hydrogens is 578 g/mol. The number of benzene rings is 2. The van der Waals surface area contributed by atoms with E-state index in [1.165, 1.54) is 0 Å². The van der Waals surface area contributed by atoms with E-state index < -0.39 is 41.9 Å². The Kier molecular flexibility index (Phi) is 8.01. The van der Waals surface area contributed by atoms with Crippen molar-refractivity contribution >= 4 is 11.8 Å². The fraction of sp³-hybridized carbons (Fsp3) is 0.552. The molecule has 0 spiro atoms. The van der Waals surface area contributed by atoms with Crippen molar-refractivity contribution < 1.29 is 35.9 Å². The Hall–Kier alpha value is -3.39. The smallest absolute Gasteiger partial charge is 0.416 e. The number of amides is 1. The van der Waals surface area contributed by atoms with Crippen LogP contribution in [0.1, 0.15) is 84.4 Å². The minimum atomic E-state index is -4.97. The van der Waals surface area contributed by atoms with Crippen LogP contribution in [0.5, 0.6) is 0 Å². The first kappa shape index (κ1) is 29.7. The molecule has 14 heteroatoms. The summed E-state index contributed by atoms with van der Waals surface area (Å²) >= 11 is 0. The lowest BCUT2D eigenvalue weighted by atomic mass is 9.95. The number of carbonyl (C=O) groups is 1. The summed E-state index contributed by atoms with van der Waals surface area (Å²) < 4.78 is 88.0. The van der Waals surface area contributed by atoms with E-state index in [0.29, 0.717) is 25.1 Å². The molecule has 6 rings (SSSR count). The molecule has 0 saturated heterocycles. The lowest BCUT2D eigenvalue weighted by molar-refractivity contribution is -0.143. The molecule has 2 aliphatic heterocycles. The molecule has 4 aliphatic rings. The SMILES string of the molecule is O=C(OC1CCCC1)N1CCCC(N(Cc2cc(C(F)(F)F)cc(C(F)(F)F)c2)C2N=NNN2)c2cc3c(cc21)CCC3. The largest absolute Gasteiger partial charge is 0.446 e. The molecule has 0 aromatic heterocycles. The van der Waals surface area contributed by atoms with Crippen molar-refractivity contribution in [2.45, 2.75) is 95.1 Å². The van der Waals surface area contributed by atoms with Crippen molar-refractivity contribution in [3.05, 3.63) is 63.7 Å². The van der Waals surface area contributed by atoms with Crippen molar-refractivity contribution in [1.29, 1.82) is 0 Å². The first-order valence-corrected chi connectivity index (χ1v) is 14.6. The van der Waals surface area contributed by atoms with Crippen LogP contribution >= 0.6 is 0 Å². The van der Waals surface area contributed by atoms with Gasteiger partial charge in [-0.3, -0.25) is 9.80 Å². The van der Waals surface area contributed by atoms with Gasteiger partial charge >= 0.3 is 18.4 Å². The number of hydrogen-bond acceptors (Lipinski definition) is 7. The van der Waals surface area contributed by atoms with Crippen LogP contribution in [0.2, 0.25) is 0 Å². The Bertz CT molecular complexity index is 1360. The molecule has 0 bridgehead atoms. The summed E-state index contributed by atoms with van der Waals surface area (Å²) in [6, 6.07) is 5.13. The monoisotopic (exact) mass is 610 g/mol. The highest BCUT2D eigenvalue weighted by Crippen LogP contribution is 2.43. The maximum atomic E-state index is 13.7. The fourth-order valence-corrected chi connectivity index (χ4v) is 6.63. The molecule has 43 heavy (non-hydrogen) atoms. The Morgan fingerprint density at radius 3 is 2.21 bits per heavy atom. The van der Waals surface area contributed by atoms with Gasteiger partial charge in [0.2, 0.25) is 0 Å². The summed E-state index contributed by atoms with van der Waals surface area (Å²) in [5.74, 6) is 0. The number of fused-ring (bicyclic) bond motifs is 2. The van der Waals surface area contributed by atoms with Gasteiger partial charge in [0.1, 0.15) is 6.10 Å². The van der Waals surface area contributed by atoms with Crippen LogP contribution in [-0.2, 0) is 36.5 Å². The third-order valence-electron chi connectivity index (χ3n) is 8.68. The van der Waals surface area contributed by atoms with Crippen LogP contribution in [0.4, 0.5) is 36.8 Å². The highest BCUT2D eigenvalue weighted by molar-refractivity contribution is 5.89. The van der Waals surface area contributed by atoms with Crippen molar-refractivity contribution in [2.75, 3.05) is 11.4 Å². The molecule has 0 radical (unpaired) electrons. The molecule has 2 aliphatic carbocycles. The van der Waals surface area contributed by atoms with E-state index in [4.69, 9.17) is 4.74 Å². The molecule has 232 valence electrons. The fourth-order valence-electron chi connectivity index (χ4n) is 6.63. The van der Waals surface area contributed by atoms with E-state index in [9.17, 15) is 31.1 Å². The van der Waals surface area contributed by atoms with Crippen molar-refractivity contribution in [3.63, 3.8) is 0 Å². The second-order valence-electron chi connectivity index (χ2n) is 11.6. The van der Waals surface area contributed by atoms with Crippen molar-refractivity contribution in [3.8, 4) is 0 Å². The minimum Gasteiger partial charge on any atom is -0.446 e. The van der Waals surface area contributed by atoms with E-state index in [1.54, 1.807) is 9.80 Å². The molecule has 1 saturated carbocycles. The Morgan fingerprint density at radius 2 is 1.58 bits per heavy atom. The Labute approximate surface area is 244 Å². The number of alkyl halides is 6. The third kappa shape index (κ3) is 6.30. The number of ether oxygens (including phenoxy) is 1. The van der Waals surface area contributed by atoms with E-state index >= 15 is 0 Å². The molecule has 2 atom stereocenters. The van der Waals surface area contributed by atoms with Gasteiger partial charge in [-0.15, -0.1) is 5.11 Å². The van der Waals surface area contributed by atoms with Gasteiger partial charge in [0.05, 0.1) is 16.8 Å². The van der Waals surface area contributed by atoms with Crippen LogP contribution in [0, 0.1) is 0 Å². The number of hydrogen-bond donors (Lipinski definition) is 2. The van der Waals surface area contributed by atoms with Crippen LogP contribution in [0.25, 0.3) is 0 Å². The molecule has 1 fully saturated rings. The maximum absolute atomic E-state index is 13.7. The molecule has 8 nitrogen and oxygen atoms in total. The maximum Gasteiger partial charge on any atom is 0.416 e. The van der Waals surface area contributed by atoms with Gasteiger partial charge in [-0.25, -0.2) is 10.3 Å². The molecule has 2 unspecified atom stereocenters. The zero-order valence-electron chi connectivity index (χ0n) is 23.3. The average molecular weight is 611 g/mol. The number of halogens is 6. The summed E-state index contributed by atoms with van der Waals surface area (Å²) in [6.07, 6.45) is -4.13. The number of nitrogens with zero attached hydrogens (tertiary/aromatic N) is 4. The van der Waals surface area contributed by atoms with Crippen LogP contribution in [-0.4, -0.2) is 29.9 Å². The average Bonchev–Trinajstić information content (AvgIpc) is 3.72. The second-order valence-corrected chi connectivity index (χ2v) is 11.6. The van der Waals surface area contributed by atoms with E-state index in [2.05, 4.69) is 21.3 Å². The number of hydrazine groups is 1. The Balaban J connectivity index is 1.41. The standard InChI is InChI=1S/C29H32F6N6O2/c30-28(31,32)20-11-17(12-21(15-20)29(33,34)35)16-41(26-36-38-39-37-26)24-9-4-10-40(27(42)43-22-7-1-2-8-22)25-14-19-6-3-5-18(19)13-23(24)25/h11-15,22,24,26H,1-10,16H2,(H,36,39)(H,37,38). The highest BCUT2D eigenvalue weighted by atomic mass is 19.4. The van der Waals surface area contributed by atoms with E-state index in [0.717, 1.165) is 73.8 Å². The van der Waals surface area contributed by atoms with Crippen LogP contribution < -0.4 is 15.9 Å². The van der Waals surface area contributed by atoms with E-state index in [1.807, 2.05) is 12.1 Å². The van der Waals surface area contributed by atoms with Gasteiger partial charge < -0.3 is 4.74 Å². The van der Waals surface area contributed by atoms with E-state index in [-0.39, 0.29) is 24.3 Å². The number of rotatable bonds is 5.